The summed E-state index contributed by atoms with van der Waals surface area (Å²) in [6.07, 6.45) is 0.934. The molecule has 8 nitrogen and oxygen atoms in total. The number of halogens is 1. The topological polar surface area (TPSA) is 119 Å². The number of carbonyl (C=O) groups excluding carboxylic acids is 2. The largest absolute Gasteiger partial charge is 0.492 e. The SMILES string of the molecule is CCOc1ccc(Cl)cc1S(=O)(=O)N1CCC(C(=O)Nc2ccc(CC(N)=O)cc2)CC1. The van der Waals surface area contributed by atoms with Crippen LogP contribution in [0.5, 0.6) is 5.75 Å². The first-order valence-electron chi connectivity index (χ1n) is 10.3. The van der Waals surface area contributed by atoms with Crippen LogP contribution < -0.4 is 15.8 Å². The summed E-state index contributed by atoms with van der Waals surface area (Å²) >= 11 is 6.02. The number of rotatable bonds is 8. The van der Waals surface area contributed by atoms with Gasteiger partial charge in [0, 0.05) is 29.7 Å². The van der Waals surface area contributed by atoms with Crippen molar-refractivity contribution >= 4 is 39.1 Å². The van der Waals surface area contributed by atoms with Crippen molar-refractivity contribution in [3.8, 4) is 5.75 Å². The van der Waals surface area contributed by atoms with Crippen LogP contribution in [0.2, 0.25) is 5.02 Å². The van der Waals surface area contributed by atoms with E-state index in [4.69, 9.17) is 22.1 Å². The highest BCUT2D eigenvalue weighted by atomic mass is 35.5. The third-order valence-electron chi connectivity index (χ3n) is 5.25. The molecule has 10 heteroatoms. The highest BCUT2D eigenvalue weighted by Gasteiger charge is 2.34. The molecule has 1 fully saturated rings. The molecule has 2 aromatic rings. The minimum absolute atomic E-state index is 0.0332. The van der Waals surface area contributed by atoms with Crippen molar-refractivity contribution in [2.24, 2.45) is 11.7 Å². The molecule has 0 unspecified atom stereocenters. The van der Waals surface area contributed by atoms with E-state index in [0.29, 0.717) is 30.2 Å². The van der Waals surface area contributed by atoms with Crippen LogP contribution in [0.15, 0.2) is 47.4 Å². The number of hydrogen-bond donors (Lipinski definition) is 2. The molecular weight excluding hydrogens is 454 g/mol. The van der Waals surface area contributed by atoms with Gasteiger partial charge in [-0.3, -0.25) is 9.59 Å². The molecule has 0 bridgehead atoms. The fraction of sp³-hybridized carbons (Fsp3) is 0.364. The molecule has 0 aromatic heterocycles. The number of hydrogen-bond acceptors (Lipinski definition) is 5. The summed E-state index contributed by atoms with van der Waals surface area (Å²) in [5, 5.41) is 3.16. The van der Waals surface area contributed by atoms with Crippen LogP contribution in [0.3, 0.4) is 0 Å². The molecule has 0 atom stereocenters. The Bertz CT molecular complexity index is 1080. The zero-order valence-corrected chi connectivity index (χ0v) is 19.3. The van der Waals surface area contributed by atoms with Crippen molar-refractivity contribution in [3.63, 3.8) is 0 Å². The van der Waals surface area contributed by atoms with Gasteiger partial charge in [-0.1, -0.05) is 23.7 Å². The number of amides is 2. The van der Waals surface area contributed by atoms with Crippen LogP contribution in [0.25, 0.3) is 0 Å². The van der Waals surface area contributed by atoms with E-state index in [1.54, 1.807) is 43.3 Å². The summed E-state index contributed by atoms with van der Waals surface area (Å²) in [4.78, 5) is 23.7. The second kappa shape index (κ2) is 10.3. The van der Waals surface area contributed by atoms with Gasteiger partial charge in [-0.15, -0.1) is 0 Å². The molecular formula is C22H26ClN3O5S. The van der Waals surface area contributed by atoms with E-state index in [-0.39, 0.29) is 42.0 Å². The number of primary amides is 1. The molecule has 3 rings (SSSR count). The maximum Gasteiger partial charge on any atom is 0.246 e. The maximum atomic E-state index is 13.2. The number of carbonyl (C=O) groups is 2. The first-order chi connectivity index (χ1) is 15.2. The molecule has 0 spiro atoms. The van der Waals surface area contributed by atoms with Gasteiger partial charge in [0.1, 0.15) is 10.6 Å². The minimum atomic E-state index is -3.81. The van der Waals surface area contributed by atoms with E-state index < -0.39 is 15.9 Å². The number of anilines is 1. The van der Waals surface area contributed by atoms with Crippen LogP contribution in [-0.2, 0) is 26.0 Å². The monoisotopic (exact) mass is 479 g/mol. The average Bonchev–Trinajstić information content (AvgIpc) is 2.76. The number of ether oxygens (including phenoxy) is 1. The molecule has 0 radical (unpaired) electrons. The van der Waals surface area contributed by atoms with E-state index in [2.05, 4.69) is 5.32 Å². The highest BCUT2D eigenvalue weighted by molar-refractivity contribution is 7.89. The van der Waals surface area contributed by atoms with E-state index in [9.17, 15) is 18.0 Å². The van der Waals surface area contributed by atoms with E-state index in [0.717, 1.165) is 5.56 Å². The first kappa shape index (κ1) is 24.0. The van der Waals surface area contributed by atoms with Gasteiger partial charge < -0.3 is 15.8 Å². The molecule has 1 saturated heterocycles. The smallest absolute Gasteiger partial charge is 0.246 e. The minimum Gasteiger partial charge on any atom is -0.492 e. The van der Waals surface area contributed by atoms with Gasteiger partial charge in [0.25, 0.3) is 0 Å². The Kier molecular flexibility index (Phi) is 7.76. The fourth-order valence-electron chi connectivity index (χ4n) is 3.61. The van der Waals surface area contributed by atoms with Crippen molar-refractivity contribution in [1.82, 2.24) is 4.31 Å². The van der Waals surface area contributed by atoms with Gasteiger partial charge in [-0.25, -0.2) is 8.42 Å². The number of nitrogens with one attached hydrogen (secondary N) is 1. The standard InChI is InChI=1S/C22H26ClN3O5S/c1-2-31-19-8-5-17(23)14-20(19)32(29,30)26-11-9-16(10-12-26)22(28)25-18-6-3-15(4-7-18)13-21(24)27/h3-8,14,16H,2,9-13H2,1H3,(H2,24,27)(H,25,28). The van der Waals surface area contributed by atoms with E-state index >= 15 is 0 Å². The first-order valence-corrected chi connectivity index (χ1v) is 12.1. The number of nitrogens with zero attached hydrogens (tertiary/aromatic N) is 1. The molecule has 1 aliphatic heterocycles. The molecule has 0 aliphatic carbocycles. The van der Waals surface area contributed by atoms with Gasteiger partial charge >= 0.3 is 0 Å². The quantitative estimate of drug-likeness (QED) is 0.603. The average molecular weight is 480 g/mol. The van der Waals surface area contributed by atoms with E-state index in [1.807, 2.05) is 0 Å². The lowest BCUT2D eigenvalue weighted by atomic mass is 9.97. The van der Waals surface area contributed by atoms with Crippen molar-refractivity contribution in [2.45, 2.75) is 31.1 Å². The van der Waals surface area contributed by atoms with Gasteiger partial charge in [0.05, 0.1) is 13.0 Å². The predicted octanol–water partition coefficient (Wildman–Crippen LogP) is 2.81. The summed E-state index contributed by atoms with van der Waals surface area (Å²) in [5.74, 6) is -0.633. The summed E-state index contributed by atoms with van der Waals surface area (Å²) in [6, 6.07) is 11.4. The lowest BCUT2D eigenvalue weighted by Gasteiger charge is -2.31. The number of piperidine rings is 1. The van der Waals surface area contributed by atoms with Crippen LogP contribution in [0, 0.1) is 5.92 Å². The van der Waals surface area contributed by atoms with Gasteiger partial charge in [-0.2, -0.15) is 4.31 Å². The van der Waals surface area contributed by atoms with Crippen LogP contribution in [0.4, 0.5) is 5.69 Å². The lowest BCUT2D eigenvalue weighted by Crippen LogP contribution is -2.41. The maximum absolute atomic E-state index is 13.2. The Morgan fingerprint density at radius 3 is 2.41 bits per heavy atom. The Labute approximate surface area is 192 Å². The third kappa shape index (κ3) is 5.79. The van der Waals surface area contributed by atoms with Crippen molar-refractivity contribution in [1.29, 1.82) is 0 Å². The molecule has 2 amide bonds. The lowest BCUT2D eigenvalue weighted by molar-refractivity contribution is -0.121. The zero-order chi connectivity index (χ0) is 23.3. The molecule has 3 N–H and O–H groups in total. The number of benzene rings is 2. The fourth-order valence-corrected chi connectivity index (χ4v) is 5.47. The second-order valence-corrected chi connectivity index (χ2v) is 9.87. The van der Waals surface area contributed by atoms with Crippen molar-refractivity contribution < 1.29 is 22.7 Å². The summed E-state index contributed by atoms with van der Waals surface area (Å²) in [7, 11) is -3.81. The van der Waals surface area contributed by atoms with Gasteiger partial charge in [-0.05, 0) is 55.7 Å². The molecule has 2 aromatic carbocycles. The second-order valence-electron chi connectivity index (χ2n) is 7.53. The molecule has 32 heavy (non-hydrogen) atoms. The molecule has 172 valence electrons. The third-order valence-corrected chi connectivity index (χ3v) is 7.40. The van der Waals surface area contributed by atoms with Crippen LogP contribution in [0.1, 0.15) is 25.3 Å². The normalized spacial score (nSPS) is 15.3. The van der Waals surface area contributed by atoms with Crippen molar-refractivity contribution in [2.75, 3.05) is 25.0 Å². The summed E-state index contributed by atoms with van der Waals surface area (Å²) in [6.45, 7) is 2.54. The predicted molar refractivity (Wildman–Crippen MR) is 122 cm³/mol. The van der Waals surface area contributed by atoms with Crippen LogP contribution in [-0.4, -0.2) is 44.2 Å². The van der Waals surface area contributed by atoms with Gasteiger partial charge in [0.15, 0.2) is 0 Å². The molecule has 0 saturated carbocycles. The highest BCUT2D eigenvalue weighted by Crippen LogP contribution is 2.32. The number of nitrogens with two attached hydrogens (primary N) is 1. The molecule has 1 aliphatic rings. The summed E-state index contributed by atoms with van der Waals surface area (Å²) in [5.41, 5.74) is 6.56. The number of sulfonamides is 1. The molecule has 1 heterocycles. The van der Waals surface area contributed by atoms with Crippen molar-refractivity contribution in [3.05, 3.63) is 53.1 Å². The Morgan fingerprint density at radius 2 is 1.81 bits per heavy atom. The Morgan fingerprint density at radius 1 is 1.16 bits per heavy atom. The van der Waals surface area contributed by atoms with Gasteiger partial charge in [0.2, 0.25) is 21.8 Å². The Balaban J connectivity index is 1.62. The summed E-state index contributed by atoms with van der Waals surface area (Å²) < 4.78 is 33.2. The zero-order valence-electron chi connectivity index (χ0n) is 17.7. The van der Waals surface area contributed by atoms with E-state index in [1.165, 1.54) is 10.4 Å². The van der Waals surface area contributed by atoms with Crippen LogP contribution >= 0.6 is 11.6 Å². The Hall–Kier alpha value is -2.62.